The van der Waals surface area contributed by atoms with Gasteiger partial charge in [0.15, 0.2) is 5.76 Å². The monoisotopic (exact) mass is 929 g/mol. The molecular weight excluding hydrogens is 883 g/mol. The van der Waals surface area contributed by atoms with E-state index in [0.29, 0.717) is 29.5 Å². The van der Waals surface area contributed by atoms with Gasteiger partial charge < -0.3 is 18.1 Å². The zero-order valence-electron chi connectivity index (χ0n) is 39.7. The number of rotatable bonds is 12. The van der Waals surface area contributed by atoms with Crippen molar-refractivity contribution >= 4 is 90.8 Å². The molecule has 0 aliphatic carbocycles. The van der Waals surface area contributed by atoms with Gasteiger partial charge in [-0.15, -0.1) is 0 Å². The van der Waals surface area contributed by atoms with Gasteiger partial charge in [-0.1, -0.05) is 159 Å². The average molecular weight is 930 g/mol. The summed E-state index contributed by atoms with van der Waals surface area (Å²) in [4.78, 5) is 10.0. The third-order valence-corrected chi connectivity index (χ3v) is 13.7. The summed E-state index contributed by atoms with van der Waals surface area (Å²) in [5.74, 6) is 1.24. The first kappa shape index (κ1) is 43.7. The lowest BCUT2D eigenvalue weighted by molar-refractivity contribution is 0.470. The molecule has 0 radical (unpaired) electrons. The largest absolute Gasteiger partial charge is 0.456 e. The second-order valence-electron chi connectivity index (χ2n) is 17.7. The highest BCUT2D eigenvalue weighted by atomic mass is 16.5. The van der Waals surface area contributed by atoms with Gasteiger partial charge in [0.2, 0.25) is 0 Å². The second kappa shape index (κ2) is 18.1. The highest BCUT2D eigenvalue weighted by Crippen LogP contribution is 2.43. The molecule has 12 rings (SSSR count). The van der Waals surface area contributed by atoms with Crippen molar-refractivity contribution in [2.24, 2.45) is 9.98 Å². The number of nitrogens with zero attached hydrogens (tertiary/aromatic N) is 3. The Balaban J connectivity index is 0.955. The summed E-state index contributed by atoms with van der Waals surface area (Å²) < 4.78 is 21.5. The Hall–Kier alpha value is -9.52. The van der Waals surface area contributed by atoms with Crippen LogP contribution in [0.5, 0.6) is 5.75 Å². The normalized spacial score (nSPS) is 14.0. The van der Waals surface area contributed by atoms with Crippen LogP contribution >= 0.6 is 0 Å². The van der Waals surface area contributed by atoms with Crippen LogP contribution in [-0.2, 0) is 6.54 Å². The Morgan fingerprint density at radius 1 is 0.583 bits per heavy atom. The summed E-state index contributed by atoms with van der Waals surface area (Å²) in [5, 5.41) is 5.43. The molecule has 6 nitrogen and oxygen atoms in total. The van der Waals surface area contributed by atoms with E-state index in [1.807, 2.05) is 91.9 Å². The highest BCUT2D eigenvalue weighted by molar-refractivity contribution is 6.20. The topological polar surface area (TPSA) is 65.2 Å². The molecule has 0 saturated carbocycles. The number of ether oxygens (including phenoxy) is 1. The van der Waals surface area contributed by atoms with Gasteiger partial charge in [0.05, 0.1) is 17.8 Å². The molecular formula is C66H47N3O3. The molecule has 0 N–H and O–H groups in total. The maximum atomic E-state index is 6.82. The lowest BCUT2D eigenvalue weighted by atomic mass is 9.96. The fourth-order valence-corrected chi connectivity index (χ4v) is 10.4. The minimum absolute atomic E-state index is 0.399. The fraction of sp³-hybridized carbons (Fsp3) is 0.0303. The quantitative estimate of drug-likeness (QED) is 0.0906. The van der Waals surface area contributed by atoms with E-state index in [-0.39, 0.29) is 0 Å². The first-order valence-corrected chi connectivity index (χ1v) is 24.0. The second-order valence-corrected chi connectivity index (χ2v) is 17.7. The van der Waals surface area contributed by atoms with Crippen LogP contribution in [0.25, 0.3) is 112 Å². The molecule has 0 spiro atoms. The molecule has 8 aromatic carbocycles. The average Bonchev–Trinajstić information content (AvgIpc) is 4.19. The smallest absolute Gasteiger partial charge is 0.179 e. The lowest BCUT2D eigenvalue weighted by Gasteiger charge is -2.10. The van der Waals surface area contributed by atoms with Crippen molar-refractivity contribution < 1.29 is 13.6 Å². The van der Waals surface area contributed by atoms with Crippen LogP contribution < -0.4 is 4.74 Å². The molecule has 0 unspecified atom stereocenters. The molecule has 11 aromatic rings. The van der Waals surface area contributed by atoms with Crippen LogP contribution in [0.4, 0.5) is 0 Å². The van der Waals surface area contributed by atoms with Crippen molar-refractivity contribution in [3.8, 4) is 39.1 Å². The Morgan fingerprint density at radius 3 is 1.79 bits per heavy atom. The Bertz CT molecular complexity index is 4170. The van der Waals surface area contributed by atoms with E-state index in [0.717, 1.165) is 122 Å². The minimum atomic E-state index is 0.399. The molecule has 0 saturated heterocycles. The number of allylic oxidation sites excluding steroid dienone is 6. The van der Waals surface area contributed by atoms with E-state index >= 15 is 0 Å². The minimum Gasteiger partial charge on any atom is -0.456 e. The van der Waals surface area contributed by atoms with Crippen LogP contribution in [-0.4, -0.2) is 17.0 Å². The number of fused-ring (bicyclic) bond motifs is 8. The van der Waals surface area contributed by atoms with Crippen molar-refractivity contribution in [1.29, 1.82) is 0 Å². The summed E-state index contributed by atoms with van der Waals surface area (Å²) in [5.41, 5.74) is 17.9. The molecule has 4 heterocycles. The van der Waals surface area contributed by atoms with Gasteiger partial charge >= 0.3 is 0 Å². The van der Waals surface area contributed by atoms with Crippen LogP contribution in [0.1, 0.15) is 34.9 Å². The number of furan rings is 2. The molecule has 0 fully saturated rings. The Morgan fingerprint density at radius 2 is 1.18 bits per heavy atom. The van der Waals surface area contributed by atoms with E-state index in [9.17, 15) is 0 Å². The van der Waals surface area contributed by atoms with Gasteiger partial charge in [0, 0.05) is 49.3 Å². The van der Waals surface area contributed by atoms with Crippen LogP contribution in [0.15, 0.2) is 238 Å². The number of hydrogen-bond donors (Lipinski definition) is 0. The molecule has 0 amide bonds. The van der Waals surface area contributed by atoms with Crippen molar-refractivity contribution in [3.05, 3.63) is 248 Å². The van der Waals surface area contributed by atoms with Gasteiger partial charge in [0.25, 0.3) is 0 Å². The summed E-state index contributed by atoms with van der Waals surface area (Å²) in [6.45, 7) is 18.9. The summed E-state index contributed by atoms with van der Waals surface area (Å²) in [6, 6.07) is 58.6. The third-order valence-electron chi connectivity index (χ3n) is 13.7. The summed E-state index contributed by atoms with van der Waals surface area (Å²) in [7, 11) is 0. The fourth-order valence-electron chi connectivity index (χ4n) is 10.4. The summed E-state index contributed by atoms with van der Waals surface area (Å²) >= 11 is 0. The van der Waals surface area contributed by atoms with Gasteiger partial charge in [-0.2, -0.15) is 0 Å². The van der Waals surface area contributed by atoms with Gasteiger partial charge in [-0.25, -0.2) is 0 Å². The number of para-hydroxylation sites is 2. The number of hydrogen-bond acceptors (Lipinski definition) is 5. The molecule has 3 aromatic heterocycles. The van der Waals surface area contributed by atoms with Crippen LogP contribution in [0.3, 0.4) is 0 Å². The first-order valence-electron chi connectivity index (χ1n) is 24.0. The van der Waals surface area contributed by atoms with Crippen molar-refractivity contribution in [2.45, 2.75) is 13.5 Å². The maximum absolute atomic E-state index is 6.82. The molecule has 1 aliphatic heterocycles. The SMILES string of the molecule is C=C/C=C(\C=C/C)n1c(C=C)c(C=C)c2cc(-c3ccc4c(c3)C(=NCc3ccc(-c5cccc6oc7ccccc7c56)cc3)/C(=C(\N=C)c3ccc(-c5cccc6oc7ccccc7c56)cc3)O4)ccc21. The number of aromatic nitrogens is 1. The van der Waals surface area contributed by atoms with Gasteiger partial charge in [-0.3, -0.25) is 9.98 Å². The molecule has 72 heavy (non-hydrogen) atoms. The van der Waals surface area contributed by atoms with E-state index in [4.69, 9.17) is 18.6 Å². The lowest BCUT2D eigenvalue weighted by Crippen LogP contribution is -2.05. The van der Waals surface area contributed by atoms with E-state index < -0.39 is 0 Å². The van der Waals surface area contributed by atoms with Crippen LogP contribution in [0.2, 0.25) is 0 Å². The first-order chi connectivity index (χ1) is 35.5. The van der Waals surface area contributed by atoms with Gasteiger partial charge in [0.1, 0.15) is 39.5 Å². The van der Waals surface area contributed by atoms with E-state index in [1.165, 1.54) is 0 Å². The molecule has 6 heteroatoms. The zero-order chi connectivity index (χ0) is 48.9. The predicted octanol–water partition coefficient (Wildman–Crippen LogP) is 17.8. The number of aliphatic imine (C=N–C) groups is 2. The van der Waals surface area contributed by atoms with E-state index in [2.05, 4.69) is 151 Å². The van der Waals surface area contributed by atoms with Crippen molar-refractivity contribution in [1.82, 2.24) is 4.57 Å². The maximum Gasteiger partial charge on any atom is 0.179 e. The van der Waals surface area contributed by atoms with Crippen molar-refractivity contribution in [3.63, 3.8) is 0 Å². The Labute approximate surface area is 417 Å². The molecule has 0 bridgehead atoms. The third kappa shape index (κ3) is 7.28. The zero-order valence-corrected chi connectivity index (χ0v) is 39.7. The highest BCUT2D eigenvalue weighted by Gasteiger charge is 2.30. The van der Waals surface area contributed by atoms with Crippen LogP contribution in [0, 0.1) is 0 Å². The predicted molar refractivity (Wildman–Crippen MR) is 302 cm³/mol. The Kier molecular flexibility index (Phi) is 11.0. The molecule has 0 atom stereocenters. The molecule has 344 valence electrons. The van der Waals surface area contributed by atoms with Crippen molar-refractivity contribution in [2.75, 3.05) is 0 Å². The standard InChI is InChI=1S/C66H47N3O3/c1-6-16-47(17-7-2)69-55(9-4)48(8-3)53-38-45(34-36-56(53)69)46-35-37-59-54(39-46)65(68-40-41-26-28-42(29-27-41)49-20-14-24-60-62(49)51-18-10-12-22-57(51)70-60)66(72-59)64(67-5)44-32-30-43(31-33-44)50-21-15-25-61-63(50)52-19-11-13-23-58(52)71-61/h6-39H,1,3-5,40H2,2H3/b17-7-,47-16+,66-64+,68-65?. The number of benzene rings is 8. The van der Waals surface area contributed by atoms with Gasteiger partial charge in [-0.05, 0) is 119 Å². The summed E-state index contributed by atoms with van der Waals surface area (Å²) in [6.07, 6.45) is 11.7. The molecule has 1 aliphatic rings. The van der Waals surface area contributed by atoms with E-state index in [1.54, 1.807) is 6.08 Å².